The predicted molar refractivity (Wildman–Crippen MR) is 88.2 cm³/mol. The molecule has 1 N–H and O–H groups in total. The average molecular weight is 398 g/mol. The van der Waals surface area contributed by atoms with Crippen molar-refractivity contribution < 1.29 is 19.4 Å². The Kier molecular flexibility index (Phi) is 5.86. The molecule has 4 nitrogen and oxygen atoms in total. The van der Waals surface area contributed by atoms with E-state index < -0.39 is 5.97 Å². The number of carboxylic acids is 1. The van der Waals surface area contributed by atoms with E-state index in [1.165, 1.54) is 15.7 Å². The van der Waals surface area contributed by atoms with Crippen molar-refractivity contribution in [3.63, 3.8) is 0 Å². The first-order chi connectivity index (χ1) is 10.1. The Hall–Kier alpha value is -1.76. The van der Waals surface area contributed by atoms with Gasteiger partial charge in [-0.2, -0.15) is 0 Å². The highest BCUT2D eigenvalue weighted by Crippen LogP contribution is 2.15. The molecule has 0 saturated carbocycles. The Morgan fingerprint density at radius 2 is 1.67 bits per heavy atom. The SMILES string of the molecule is O=C(O)c1cccc(OCCCOc2ccc(I)cc2)c1. The summed E-state index contributed by atoms with van der Waals surface area (Å²) >= 11 is 2.24. The maximum absolute atomic E-state index is 10.8. The number of carbonyl (C=O) groups is 1. The molecule has 5 heteroatoms. The molecule has 21 heavy (non-hydrogen) atoms. The number of carboxylic acid groups (broad SMARTS) is 1. The van der Waals surface area contributed by atoms with Crippen LogP contribution in [-0.2, 0) is 0 Å². The van der Waals surface area contributed by atoms with Crippen LogP contribution in [0.2, 0.25) is 0 Å². The molecular weight excluding hydrogens is 383 g/mol. The molecule has 2 rings (SSSR count). The minimum absolute atomic E-state index is 0.225. The minimum Gasteiger partial charge on any atom is -0.493 e. The van der Waals surface area contributed by atoms with E-state index in [1.807, 2.05) is 24.3 Å². The Bertz CT molecular complexity index is 595. The average Bonchev–Trinajstić information content (AvgIpc) is 2.49. The number of benzene rings is 2. The lowest BCUT2D eigenvalue weighted by molar-refractivity contribution is 0.0696. The summed E-state index contributed by atoms with van der Waals surface area (Å²) in [5.41, 5.74) is 0.225. The van der Waals surface area contributed by atoms with Crippen LogP contribution < -0.4 is 9.47 Å². The molecule has 2 aromatic rings. The third kappa shape index (κ3) is 5.26. The fraction of sp³-hybridized carbons (Fsp3) is 0.188. The highest BCUT2D eigenvalue weighted by Gasteiger charge is 2.03. The Morgan fingerprint density at radius 1 is 1.00 bits per heavy atom. The first-order valence-corrected chi connectivity index (χ1v) is 7.57. The zero-order chi connectivity index (χ0) is 15.1. The summed E-state index contributed by atoms with van der Waals surface area (Å²) in [6, 6.07) is 14.3. The van der Waals surface area contributed by atoms with Crippen LogP contribution in [0.3, 0.4) is 0 Å². The molecule has 0 radical (unpaired) electrons. The Morgan fingerprint density at radius 3 is 2.33 bits per heavy atom. The normalized spacial score (nSPS) is 10.1. The lowest BCUT2D eigenvalue weighted by atomic mass is 10.2. The van der Waals surface area contributed by atoms with E-state index in [0.29, 0.717) is 19.0 Å². The van der Waals surface area contributed by atoms with E-state index in [-0.39, 0.29) is 5.56 Å². The van der Waals surface area contributed by atoms with Gasteiger partial charge in [0, 0.05) is 9.99 Å². The summed E-state index contributed by atoms with van der Waals surface area (Å²) in [5.74, 6) is 0.440. The molecule has 110 valence electrons. The van der Waals surface area contributed by atoms with Crippen LogP contribution in [0, 0.1) is 3.57 Å². The second kappa shape index (κ2) is 7.87. The van der Waals surface area contributed by atoms with Crippen molar-refractivity contribution in [3.05, 3.63) is 57.7 Å². The van der Waals surface area contributed by atoms with Crippen LogP contribution in [0.4, 0.5) is 0 Å². The predicted octanol–water partition coefficient (Wildman–Crippen LogP) is 3.84. The number of aromatic carboxylic acids is 1. The van der Waals surface area contributed by atoms with E-state index in [4.69, 9.17) is 14.6 Å². The molecule has 0 fully saturated rings. The molecule has 0 amide bonds. The molecule has 2 aromatic carbocycles. The fourth-order valence-corrected chi connectivity index (χ4v) is 2.05. The van der Waals surface area contributed by atoms with Crippen molar-refractivity contribution >= 4 is 28.6 Å². The highest BCUT2D eigenvalue weighted by atomic mass is 127. The third-order valence-electron chi connectivity index (χ3n) is 2.72. The van der Waals surface area contributed by atoms with Crippen LogP contribution in [0.25, 0.3) is 0 Å². The Labute approximate surface area is 136 Å². The largest absolute Gasteiger partial charge is 0.493 e. The van der Waals surface area contributed by atoms with Gasteiger partial charge in [0.15, 0.2) is 0 Å². The standard InChI is InChI=1S/C16H15IO4/c17-13-5-7-14(8-6-13)20-9-2-10-21-15-4-1-3-12(11-15)16(18)19/h1,3-8,11H,2,9-10H2,(H,18,19). The Balaban J connectivity index is 1.71. The van der Waals surface area contributed by atoms with Crippen molar-refractivity contribution in [2.24, 2.45) is 0 Å². The smallest absolute Gasteiger partial charge is 0.335 e. The van der Waals surface area contributed by atoms with Crippen LogP contribution in [0.15, 0.2) is 48.5 Å². The number of rotatable bonds is 7. The van der Waals surface area contributed by atoms with Gasteiger partial charge in [-0.1, -0.05) is 6.07 Å². The van der Waals surface area contributed by atoms with Gasteiger partial charge in [-0.15, -0.1) is 0 Å². The van der Waals surface area contributed by atoms with Crippen molar-refractivity contribution in [2.45, 2.75) is 6.42 Å². The molecular formula is C16H15IO4. The van der Waals surface area contributed by atoms with Crippen molar-refractivity contribution in [3.8, 4) is 11.5 Å². The fourth-order valence-electron chi connectivity index (χ4n) is 1.69. The zero-order valence-electron chi connectivity index (χ0n) is 11.3. The lowest BCUT2D eigenvalue weighted by Crippen LogP contribution is -2.05. The molecule has 0 aliphatic heterocycles. The van der Waals surface area contributed by atoms with Gasteiger partial charge < -0.3 is 14.6 Å². The molecule has 0 unspecified atom stereocenters. The minimum atomic E-state index is -0.956. The number of hydrogen-bond acceptors (Lipinski definition) is 3. The van der Waals surface area contributed by atoms with Gasteiger partial charge in [0.05, 0.1) is 18.8 Å². The van der Waals surface area contributed by atoms with Gasteiger partial charge in [0.25, 0.3) is 0 Å². The summed E-state index contributed by atoms with van der Waals surface area (Å²) in [6.07, 6.45) is 0.725. The van der Waals surface area contributed by atoms with Gasteiger partial charge in [-0.3, -0.25) is 0 Å². The summed E-state index contributed by atoms with van der Waals surface area (Å²) in [4.78, 5) is 10.8. The molecule has 0 heterocycles. The summed E-state index contributed by atoms with van der Waals surface area (Å²) in [7, 11) is 0. The molecule has 0 saturated heterocycles. The topological polar surface area (TPSA) is 55.8 Å². The van der Waals surface area contributed by atoms with Crippen LogP contribution in [-0.4, -0.2) is 24.3 Å². The summed E-state index contributed by atoms with van der Waals surface area (Å²) in [5, 5.41) is 8.89. The molecule has 0 bridgehead atoms. The molecule has 0 spiro atoms. The van der Waals surface area contributed by atoms with Gasteiger partial charge in [-0.05, 0) is 65.1 Å². The van der Waals surface area contributed by atoms with E-state index in [1.54, 1.807) is 12.1 Å². The monoisotopic (exact) mass is 398 g/mol. The van der Waals surface area contributed by atoms with Crippen LogP contribution in [0.1, 0.15) is 16.8 Å². The second-order valence-corrected chi connectivity index (χ2v) is 5.58. The molecule has 0 aromatic heterocycles. The number of ether oxygens (including phenoxy) is 2. The maximum Gasteiger partial charge on any atom is 0.335 e. The van der Waals surface area contributed by atoms with E-state index in [2.05, 4.69) is 22.6 Å². The van der Waals surface area contributed by atoms with Gasteiger partial charge in [0.1, 0.15) is 11.5 Å². The van der Waals surface area contributed by atoms with Gasteiger partial charge in [0.2, 0.25) is 0 Å². The highest BCUT2D eigenvalue weighted by molar-refractivity contribution is 14.1. The van der Waals surface area contributed by atoms with E-state index >= 15 is 0 Å². The van der Waals surface area contributed by atoms with Crippen molar-refractivity contribution in [1.82, 2.24) is 0 Å². The van der Waals surface area contributed by atoms with E-state index in [0.717, 1.165) is 12.2 Å². The van der Waals surface area contributed by atoms with Gasteiger partial charge >= 0.3 is 5.97 Å². The summed E-state index contributed by atoms with van der Waals surface area (Å²) < 4.78 is 12.3. The van der Waals surface area contributed by atoms with Crippen LogP contribution in [0.5, 0.6) is 11.5 Å². The first kappa shape index (κ1) is 15.6. The molecule has 0 atom stereocenters. The maximum atomic E-state index is 10.8. The quantitative estimate of drug-likeness (QED) is 0.569. The van der Waals surface area contributed by atoms with E-state index in [9.17, 15) is 4.79 Å². The summed E-state index contributed by atoms with van der Waals surface area (Å²) in [6.45, 7) is 1.03. The van der Waals surface area contributed by atoms with Crippen LogP contribution >= 0.6 is 22.6 Å². The van der Waals surface area contributed by atoms with Crippen molar-refractivity contribution in [2.75, 3.05) is 13.2 Å². The van der Waals surface area contributed by atoms with Gasteiger partial charge in [-0.25, -0.2) is 4.79 Å². The third-order valence-corrected chi connectivity index (χ3v) is 3.44. The first-order valence-electron chi connectivity index (χ1n) is 6.50. The zero-order valence-corrected chi connectivity index (χ0v) is 13.4. The number of hydrogen-bond donors (Lipinski definition) is 1. The molecule has 0 aliphatic carbocycles. The lowest BCUT2D eigenvalue weighted by Gasteiger charge is -2.08. The second-order valence-electron chi connectivity index (χ2n) is 4.34. The number of halogens is 1. The van der Waals surface area contributed by atoms with Crippen molar-refractivity contribution in [1.29, 1.82) is 0 Å². The molecule has 0 aliphatic rings.